The molecule has 2 rings (SSSR count). The van der Waals surface area contributed by atoms with Crippen molar-refractivity contribution in [1.29, 1.82) is 0 Å². The first-order chi connectivity index (χ1) is 9.43. The molecule has 0 aliphatic carbocycles. The minimum Gasteiger partial charge on any atom is -0.505 e. The van der Waals surface area contributed by atoms with Crippen LogP contribution in [0.5, 0.6) is 5.75 Å². The van der Waals surface area contributed by atoms with Gasteiger partial charge in [-0.2, -0.15) is 16.8 Å². The summed E-state index contributed by atoms with van der Waals surface area (Å²) in [6, 6.07) is 2.60. The SMILES string of the molecule is Nc1c(S(=O)(=O)O)cc2cc(S(=O)(=O)O)cc(N)c2c1O. The summed E-state index contributed by atoms with van der Waals surface area (Å²) in [4.78, 5) is -1.41. The molecule has 2 aromatic rings. The molecule has 7 N–H and O–H groups in total. The first-order valence-electron chi connectivity index (χ1n) is 5.22. The smallest absolute Gasteiger partial charge is 0.296 e. The second kappa shape index (κ2) is 4.46. The molecule has 0 saturated heterocycles. The minimum atomic E-state index is -4.75. The van der Waals surface area contributed by atoms with Gasteiger partial charge in [-0.15, -0.1) is 0 Å². The van der Waals surface area contributed by atoms with Gasteiger partial charge >= 0.3 is 0 Å². The monoisotopic (exact) mass is 334 g/mol. The highest BCUT2D eigenvalue weighted by atomic mass is 32.2. The van der Waals surface area contributed by atoms with E-state index in [4.69, 9.17) is 20.6 Å². The lowest BCUT2D eigenvalue weighted by molar-refractivity contribution is 0.473. The predicted molar refractivity (Wildman–Crippen MR) is 74.1 cm³/mol. The van der Waals surface area contributed by atoms with Crippen LogP contribution in [0.1, 0.15) is 0 Å². The van der Waals surface area contributed by atoms with Crippen LogP contribution in [0.4, 0.5) is 11.4 Å². The molecule has 0 atom stereocenters. The number of nitrogens with two attached hydrogens (primary N) is 2. The summed E-state index contributed by atoms with van der Waals surface area (Å²) in [5.74, 6) is -0.723. The van der Waals surface area contributed by atoms with Crippen molar-refractivity contribution in [2.24, 2.45) is 0 Å². The maximum absolute atomic E-state index is 11.2. The van der Waals surface area contributed by atoms with Crippen molar-refractivity contribution in [3.63, 3.8) is 0 Å². The fraction of sp³-hybridized carbons (Fsp3) is 0. The van der Waals surface area contributed by atoms with Crippen LogP contribution in [0.3, 0.4) is 0 Å². The second-order valence-corrected chi connectivity index (χ2v) is 7.01. The van der Waals surface area contributed by atoms with E-state index < -0.39 is 41.5 Å². The molecule has 2 aromatic carbocycles. The third kappa shape index (κ3) is 2.58. The third-order valence-electron chi connectivity index (χ3n) is 2.79. The molecule has 0 amide bonds. The van der Waals surface area contributed by atoms with Gasteiger partial charge in [0.1, 0.15) is 10.6 Å². The van der Waals surface area contributed by atoms with E-state index in [2.05, 4.69) is 0 Å². The van der Waals surface area contributed by atoms with E-state index in [1.165, 1.54) is 0 Å². The van der Waals surface area contributed by atoms with Gasteiger partial charge in [0.15, 0.2) is 0 Å². The van der Waals surface area contributed by atoms with E-state index in [0.29, 0.717) is 0 Å². The van der Waals surface area contributed by atoms with Crippen molar-refractivity contribution < 1.29 is 31.0 Å². The van der Waals surface area contributed by atoms with E-state index in [-0.39, 0.29) is 16.5 Å². The molecule has 0 bridgehead atoms. The Balaban J connectivity index is 3.03. The van der Waals surface area contributed by atoms with E-state index in [1.807, 2.05) is 0 Å². The molecule has 21 heavy (non-hydrogen) atoms. The molecule has 0 unspecified atom stereocenters. The number of aromatic hydroxyl groups is 1. The zero-order valence-corrected chi connectivity index (χ0v) is 11.8. The Kier molecular flexibility index (Phi) is 3.25. The summed E-state index contributed by atoms with van der Waals surface area (Å²) in [7, 11) is -9.34. The average molecular weight is 334 g/mol. The normalized spacial score (nSPS) is 12.7. The van der Waals surface area contributed by atoms with Crippen molar-refractivity contribution in [1.82, 2.24) is 0 Å². The van der Waals surface area contributed by atoms with Crippen LogP contribution in [0.25, 0.3) is 10.8 Å². The summed E-state index contributed by atoms with van der Waals surface area (Å²) in [5.41, 5.74) is 10.1. The Labute approximate surface area is 119 Å². The Hall–Kier alpha value is -2.08. The number of phenols is 1. The van der Waals surface area contributed by atoms with Crippen LogP contribution in [-0.2, 0) is 20.2 Å². The van der Waals surface area contributed by atoms with Gasteiger partial charge in [-0.05, 0) is 23.6 Å². The van der Waals surface area contributed by atoms with Crippen molar-refractivity contribution >= 4 is 42.4 Å². The van der Waals surface area contributed by atoms with Crippen LogP contribution in [0.2, 0.25) is 0 Å². The number of fused-ring (bicyclic) bond motifs is 1. The molecule has 0 aliphatic rings. The van der Waals surface area contributed by atoms with Gasteiger partial charge in [0.2, 0.25) is 0 Å². The molecule has 0 radical (unpaired) electrons. The fourth-order valence-corrected chi connectivity index (χ4v) is 3.08. The predicted octanol–water partition coefficient (Wildman–Crippen LogP) is 0.203. The minimum absolute atomic E-state index is 0.104. The van der Waals surface area contributed by atoms with E-state index >= 15 is 0 Å². The summed E-state index contributed by atoms with van der Waals surface area (Å²) >= 11 is 0. The topological polar surface area (TPSA) is 181 Å². The van der Waals surface area contributed by atoms with Crippen LogP contribution < -0.4 is 11.5 Å². The van der Waals surface area contributed by atoms with Gasteiger partial charge in [0.05, 0.1) is 10.6 Å². The van der Waals surface area contributed by atoms with Gasteiger partial charge in [-0.25, -0.2) is 0 Å². The number of nitrogen functional groups attached to an aromatic ring is 2. The first-order valence-corrected chi connectivity index (χ1v) is 8.10. The molecule has 11 heteroatoms. The van der Waals surface area contributed by atoms with E-state index in [9.17, 15) is 21.9 Å². The van der Waals surface area contributed by atoms with Gasteiger partial charge in [0, 0.05) is 11.1 Å². The Morgan fingerprint density at radius 1 is 0.905 bits per heavy atom. The number of phenolic OH excluding ortho intramolecular Hbond substituents is 1. The molecule has 9 nitrogen and oxygen atoms in total. The lowest BCUT2D eigenvalue weighted by atomic mass is 10.1. The second-order valence-electron chi connectivity index (χ2n) is 4.20. The maximum atomic E-state index is 11.2. The van der Waals surface area contributed by atoms with Gasteiger partial charge in [-0.1, -0.05) is 0 Å². The van der Waals surface area contributed by atoms with Crippen molar-refractivity contribution in [2.75, 3.05) is 11.5 Å². The highest BCUT2D eigenvalue weighted by molar-refractivity contribution is 7.86. The van der Waals surface area contributed by atoms with Gasteiger partial charge in [-0.3, -0.25) is 9.11 Å². The average Bonchev–Trinajstić information content (AvgIpc) is 2.30. The molecule has 0 fully saturated rings. The molecule has 0 spiro atoms. The summed E-state index contributed by atoms with van der Waals surface area (Å²) in [6.07, 6.45) is 0. The largest absolute Gasteiger partial charge is 0.505 e. The quantitative estimate of drug-likeness (QED) is 0.291. The number of rotatable bonds is 2. The zero-order valence-electron chi connectivity index (χ0n) is 10.2. The molecule has 0 aliphatic heterocycles. The molecule has 0 heterocycles. The number of hydrogen-bond acceptors (Lipinski definition) is 7. The number of hydrogen-bond donors (Lipinski definition) is 5. The molecule has 114 valence electrons. The zero-order chi connectivity index (χ0) is 16.2. The van der Waals surface area contributed by atoms with Crippen molar-refractivity contribution in [2.45, 2.75) is 9.79 Å². The van der Waals surface area contributed by atoms with Crippen LogP contribution in [0, 0.1) is 0 Å². The van der Waals surface area contributed by atoms with Crippen LogP contribution in [0.15, 0.2) is 28.0 Å². The number of anilines is 2. The van der Waals surface area contributed by atoms with Crippen molar-refractivity contribution in [3.05, 3.63) is 18.2 Å². The van der Waals surface area contributed by atoms with E-state index in [0.717, 1.165) is 18.2 Å². The lowest BCUT2D eigenvalue weighted by Crippen LogP contribution is -2.05. The summed E-state index contributed by atoms with van der Waals surface area (Å²) in [6.45, 7) is 0. The highest BCUT2D eigenvalue weighted by Gasteiger charge is 2.22. The Morgan fingerprint density at radius 2 is 1.48 bits per heavy atom. The maximum Gasteiger partial charge on any atom is 0.296 e. The fourth-order valence-electron chi connectivity index (χ4n) is 1.88. The lowest BCUT2D eigenvalue weighted by Gasteiger charge is -2.11. The highest BCUT2D eigenvalue weighted by Crippen LogP contribution is 2.40. The van der Waals surface area contributed by atoms with Crippen LogP contribution in [-0.4, -0.2) is 31.0 Å². The van der Waals surface area contributed by atoms with Crippen molar-refractivity contribution in [3.8, 4) is 5.75 Å². The van der Waals surface area contributed by atoms with Gasteiger partial charge < -0.3 is 16.6 Å². The van der Waals surface area contributed by atoms with Crippen LogP contribution >= 0.6 is 0 Å². The Morgan fingerprint density at radius 3 is 1.95 bits per heavy atom. The molecule has 0 saturated carbocycles. The molecular formula is C10H10N2O7S2. The standard InChI is InChI=1S/C10H10N2O7S2/c11-6-3-5(20(14,15)16)1-4-2-7(21(17,18)19)9(12)10(13)8(4)6/h1-3,13H,11-12H2,(H,14,15,16)(H,17,18,19). The molecule has 0 aromatic heterocycles. The first kappa shape index (κ1) is 15.3. The van der Waals surface area contributed by atoms with Gasteiger partial charge in [0.25, 0.3) is 20.2 Å². The number of benzene rings is 2. The molecular weight excluding hydrogens is 324 g/mol. The third-order valence-corrected chi connectivity index (χ3v) is 4.52. The summed E-state index contributed by atoms with van der Waals surface area (Å²) < 4.78 is 62.6. The van der Waals surface area contributed by atoms with E-state index in [1.54, 1.807) is 0 Å². The summed E-state index contributed by atoms with van der Waals surface area (Å²) in [5, 5.41) is 9.64. The Bertz CT molecular complexity index is 965.